The van der Waals surface area contributed by atoms with Crippen LogP contribution in [0.25, 0.3) is 0 Å². The number of para-hydroxylation sites is 1. The molecule has 6 heteroatoms. The molecular formula is C12H13F2NO3. The minimum absolute atomic E-state index is 0.0267. The molecule has 1 N–H and O–H groups in total. The summed E-state index contributed by atoms with van der Waals surface area (Å²) in [6, 6.07) is 5.91. The van der Waals surface area contributed by atoms with Crippen molar-refractivity contribution < 1.29 is 23.4 Å². The third kappa shape index (κ3) is 2.59. The molecule has 1 aliphatic rings. The van der Waals surface area contributed by atoms with Crippen molar-refractivity contribution in [2.75, 3.05) is 19.7 Å². The summed E-state index contributed by atoms with van der Waals surface area (Å²) in [5.74, 6) is -0.391. The Morgan fingerprint density at radius 2 is 2.11 bits per heavy atom. The summed E-state index contributed by atoms with van der Waals surface area (Å²) >= 11 is 0. The predicted octanol–water partition coefficient (Wildman–Crippen LogP) is 1.35. The van der Waals surface area contributed by atoms with Crippen LogP contribution in [-0.2, 0) is 0 Å². The van der Waals surface area contributed by atoms with Crippen LogP contribution in [0.4, 0.5) is 8.78 Å². The number of rotatable bonds is 4. The average Bonchev–Trinajstić information content (AvgIpc) is 2.27. The largest absolute Gasteiger partial charge is 0.434 e. The molecular weight excluding hydrogens is 244 g/mol. The number of carbonyl (C=O) groups is 1. The van der Waals surface area contributed by atoms with Crippen molar-refractivity contribution in [1.82, 2.24) is 4.90 Å². The Balaban J connectivity index is 2.10. The highest BCUT2D eigenvalue weighted by molar-refractivity contribution is 5.97. The Labute approximate surface area is 103 Å². The van der Waals surface area contributed by atoms with Gasteiger partial charge in [0.2, 0.25) is 0 Å². The molecule has 1 aromatic rings. The number of benzene rings is 1. The van der Waals surface area contributed by atoms with Crippen LogP contribution in [0.1, 0.15) is 10.4 Å². The lowest BCUT2D eigenvalue weighted by Crippen LogP contribution is -2.51. The van der Waals surface area contributed by atoms with Crippen LogP contribution in [0.2, 0.25) is 0 Å². The number of alkyl halides is 2. The predicted molar refractivity (Wildman–Crippen MR) is 59.6 cm³/mol. The third-order valence-corrected chi connectivity index (χ3v) is 2.84. The van der Waals surface area contributed by atoms with E-state index in [0.29, 0.717) is 13.1 Å². The minimum atomic E-state index is -2.96. The zero-order valence-corrected chi connectivity index (χ0v) is 9.55. The molecule has 18 heavy (non-hydrogen) atoms. The highest BCUT2D eigenvalue weighted by Gasteiger charge is 2.32. The molecule has 1 aliphatic heterocycles. The maximum Gasteiger partial charge on any atom is 0.387 e. The van der Waals surface area contributed by atoms with E-state index in [1.807, 2.05) is 0 Å². The lowest BCUT2D eigenvalue weighted by molar-refractivity contribution is -0.0504. The summed E-state index contributed by atoms with van der Waals surface area (Å²) in [7, 11) is 0. The molecule has 0 aliphatic carbocycles. The van der Waals surface area contributed by atoms with E-state index in [0.717, 1.165) is 0 Å². The second kappa shape index (κ2) is 5.30. The van der Waals surface area contributed by atoms with Crippen LogP contribution in [-0.4, -0.2) is 42.2 Å². The van der Waals surface area contributed by atoms with Gasteiger partial charge < -0.3 is 14.7 Å². The SMILES string of the molecule is O=C(c1ccccc1OC(F)F)N1CC(CO)C1. The van der Waals surface area contributed by atoms with Gasteiger partial charge in [0.1, 0.15) is 5.75 Å². The van der Waals surface area contributed by atoms with Crippen LogP contribution >= 0.6 is 0 Å². The van der Waals surface area contributed by atoms with Crippen LogP contribution in [0.15, 0.2) is 24.3 Å². The summed E-state index contributed by atoms with van der Waals surface area (Å²) in [6.45, 7) is -2.05. The zero-order chi connectivity index (χ0) is 13.1. The first-order chi connectivity index (χ1) is 8.61. The van der Waals surface area contributed by atoms with Gasteiger partial charge in [0, 0.05) is 25.6 Å². The highest BCUT2D eigenvalue weighted by Crippen LogP contribution is 2.25. The number of halogens is 2. The van der Waals surface area contributed by atoms with Crippen LogP contribution < -0.4 is 4.74 Å². The van der Waals surface area contributed by atoms with Gasteiger partial charge in [0.15, 0.2) is 0 Å². The molecule has 4 nitrogen and oxygen atoms in total. The molecule has 0 spiro atoms. The fraction of sp³-hybridized carbons (Fsp3) is 0.417. The number of amides is 1. The van der Waals surface area contributed by atoms with Gasteiger partial charge in [-0.2, -0.15) is 8.78 Å². The molecule has 1 fully saturated rings. The van der Waals surface area contributed by atoms with Gasteiger partial charge in [-0.3, -0.25) is 4.79 Å². The first-order valence-electron chi connectivity index (χ1n) is 5.55. The Bertz CT molecular complexity index is 433. The summed E-state index contributed by atoms with van der Waals surface area (Å²) < 4.78 is 28.7. The molecule has 0 radical (unpaired) electrons. The van der Waals surface area contributed by atoms with Crippen molar-refractivity contribution >= 4 is 5.91 Å². The topological polar surface area (TPSA) is 49.8 Å². The maximum atomic E-state index is 12.2. The number of aliphatic hydroxyl groups excluding tert-OH is 1. The number of carbonyl (C=O) groups excluding carboxylic acids is 1. The molecule has 0 atom stereocenters. The molecule has 0 unspecified atom stereocenters. The maximum absolute atomic E-state index is 12.2. The van der Waals surface area contributed by atoms with E-state index < -0.39 is 6.61 Å². The van der Waals surface area contributed by atoms with E-state index in [1.54, 1.807) is 6.07 Å². The standard InChI is InChI=1S/C12H13F2NO3/c13-12(14)18-10-4-2-1-3-9(10)11(17)15-5-8(6-15)7-16/h1-4,8,12,16H,5-7H2. The number of ether oxygens (including phenoxy) is 1. The first kappa shape index (κ1) is 12.8. The van der Waals surface area contributed by atoms with E-state index in [9.17, 15) is 13.6 Å². The molecule has 0 bridgehead atoms. The van der Waals surface area contributed by atoms with Gasteiger partial charge in [-0.15, -0.1) is 0 Å². The molecule has 0 aromatic heterocycles. The second-order valence-corrected chi connectivity index (χ2v) is 4.13. The van der Waals surface area contributed by atoms with E-state index in [2.05, 4.69) is 4.74 Å². The Morgan fingerprint density at radius 1 is 1.44 bits per heavy atom. The number of likely N-dealkylation sites (tertiary alicyclic amines) is 1. The Kier molecular flexibility index (Phi) is 3.76. The monoisotopic (exact) mass is 257 g/mol. The molecule has 0 saturated carbocycles. The van der Waals surface area contributed by atoms with E-state index in [4.69, 9.17) is 5.11 Å². The summed E-state index contributed by atoms with van der Waals surface area (Å²) in [5, 5.41) is 8.87. The van der Waals surface area contributed by atoms with Crippen molar-refractivity contribution in [2.24, 2.45) is 5.92 Å². The van der Waals surface area contributed by atoms with E-state index in [-0.39, 0.29) is 29.7 Å². The van der Waals surface area contributed by atoms with Crippen molar-refractivity contribution in [2.45, 2.75) is 6.61 Å². The Morgan fingerprint density at radius 3 is 2.72 bits per heavy atom. The van der Waals surface area contributed by atoms with Gasteiger partial charge in [-0.1, -0.05) is 12.1 Å². The van der Waals surface area contributed by atoms with Crippen LogP contribution in [0.5, 0.6) is 5.75 Å². The third-order valence-electron chi connectivity index (χ3n) is 2.84. The van der Waals surface area contributed by atoms with Gasteiger partial charge in [-0.05, 0) is 12.1 Å². The van der Waals surface area contributed by atoms with Crippen LogP contribution in [0, 0.1) is 5.92 Å². The normalized spacial score (nSPS) is 15.7. The van der Waals surface area contributed by atoms with E-state index >= 15 is 0 Å². The fourth-order valence-electron chi connectivity index (χ4n) is 1.86. The summed E-state index contributed by atoms with van der Waals surface area (Å²) in [5.41, 5.74) is 0.120. The van der Waals surface area contributed by atoms with Crippen LogP contribution in [0.3, 0.4) is 0 Å². The summed E-state index contributed by atoms with van der Waals surface area (Å²) in [6.07, 6.45) is 0. The van der Waals surface area contributed by atoms with Crippen molar-refractivity contribution in [3.63, 3.8) is 0 Å². The highest BCUT2D eigenvalue weighted by atomic mass is 19.3. The molecule has 2 rings (SSSR count). The smallest absolute Gasteiger partial charge is 0.387 e. The average molecular weight is 257 g/mol. The molecule has 1 saturated heterocycles. The molecule has 1 aromatic carbocycles. The number of hydrogen-bond donors (Lipinski definition) is 1. The second-order valence-electron chi connectivity index (χ2n) is 4.13. The Hall–Kier alpha value is -1.69. The first-order valence-corrected chi connectivity index (χ1v) is 5.55. The minimum Gasteiger partial charge on any atom is -0.434 e. The number of aliphatic hydroxyl groups is 1. The van der Waals surface area contributed by atoms with Gasteiger partial charge in [-0.25, -0.2) is 0 Å². The number of hydrogen-bond acceptors (Lipinski definition) is 3. The summed E-state index contributed by atoms with van der Waals surface area (Å²) in [4.78, 5) is 13.5. The van der Waals surface area contributed by atoms with Gasteiger partial charge in [0.05, 0.1) is 5.56 Å². The van der Waals surface area contributed by atoms with Gasteiger partial charge in [0.25, 0.3) is 5.91 Å². The van der Waals surface area contributed by atoms with Crippen molar-refractivity contribution in [3.8, 4) is 5.75 Å². The van der Waals surface area contributed by atoms with Crippen molar-refractivity contribution in [1.29, 1.82) is 0 Å². The molecule has 98 valence electrons. The molecule has 1 amide bonds. The quantitative estimate of drug-likeness (QED) is 0.885. The van der Waals surface area contributed by atoms with E-state index in [1.165, 1.54) is 23.1 Å². The fourth-order valence-corrected chi connectivity index (χ4v) is 1.86. The van der Waals surface area contributed by atoms with Crippen molar-refractivity contribution in [3.05, 3.63) is 29.8 Å². The lowest BCUT2D eigenvalue weighted by atomic mass is 10.00. The van der Waals surface area contributed by atoms with Gasteiger partial charge >= 0.3 is 6.61 Å². The zero-order valence-electron chi connectivity index (χ0n) is 9.55. The lowest BCUT2D eigenvalue weighted by Gasteiger charge is -2.38. The molecule has 1 heterocycles. The number of nitrogens with zero attached hydrogens (tertiary/aromatic N) is 1.